The lowest BCUT2D eigenvalue weighted by atomic mass is 10.4. The van der Waals surface area contributed by atoms with Gasteiger partial charge in [0.2, 0.25) is 0 Å². The van der Waals surface area contributed by atoms with Crippen LogP contribution in [0.5, 0.6) is 0 Å². The molecule has 0 bridgehead atoms. The first kappa shape index (κ1) is 14.3. The van der Waals surface area contributed by atoms with Gasteiger partial charge < -0.3 is 0 Å². The number of nitrogens with zero attached hydrogens (tertiary/aromatic N) is 2. The third-order valence-corrected chi connectivity index (χ3v) is 4.65. The molecule has 1 aliphatic rings. The zero-order chi connectivity index (χ0) is 13.8. The van der Waals surface area contributed by atoms with Crippen molar-refractivity contribution in [1.82, 2.24) is 9.80 Å². The first-order valence-corrected chi connectivity index (χ1v) is 7.86. The van der Waals surface area contributed by atoms with Gasteiger partial charge in [0.1, 0.15) is 0 Å². The summed E-state index contributed by atoms with van der Waals surface area (Å²) in [6.45, 7) is 6.05. The van der Waals surface area contributed by atoms with E-state index in [9.17, 15) is 9.59 Å². The Labute approximate surface area is 121 Å². The highest BCUT2D eigenvalue weighted by atomic mass is 32.2. The molecule has 102 valence electrons. The molecule has 6 heteroatoms. The number of rotatable bonds is 5. The summed E-state index contributed by atoms with van der Waals surface area (Å²) in [5.41, 5.74) is 0. The first-order chi connectivity index (χ1) is 9.15. The van der Waals surface area contributed by atoms with Gasteiger partial charge in [-0.25, -0.2) is 0 Å². The Kier molecular flexibility index (Phi) is 4.79. The highest BCUT2D eigenvalue weighted by Gasteiger charge is 2.35. The summed E-state index contributed by atoms with van der Waals surface area (Å²) in [5.74, 6) is -0.185. The lowest BCUT2D eigenvalue weighted by molar-refractivity contribution is -0.124. The van der Waals surface area contributed by atoms with Crippen molar-refractivity contribution in [3.63, 3.8) is 0 Å². The van der Waals surface area contributed by atoms with E-state index < -0.39 is 0 Å². The van der Waals surface area contributed by atoms with E-state index in [0.717, 1.165) is 29.7 Å². The SMILES string of the molecule is CCN(CC)CN1C(=O)S/C(=C/c2cccs2)C1=O. The molecular weight excluding hydrogens is 280 g/mol. The summed E-state index contributed by atoms with van der Waals surface area (Å²) in [5, 5.41) is 1.77. The van der Waals surface area contributed by atoms with Gasteiger partial charge in [0.05, 0.1) is 11.6 Å². The number of imide groups is 1. The van der Waals surface area contributed by atoms with Gasteiger partial charge >= 0.3 is 0 Å². The van der Waals surface area contributed by atoms with E-state index in [1.54, 1.807) is 17.4 Å². The third kappa shape index (κ3) is 3.26. The van der Waals surface area contributed by atoms with Crippen molar-refractivity contribution in [2.75, 3.05) is 19.8 Å². The Morgan fingerprint density at radius 3 is 2.63 bits per heavy atom. The maximum Gasteiger partial charge on any atom is 0.294 e. The summed E-state index contributed by atoms with van der Waals surface area (Å²) in [6, 6.07) is 3.86. The molecular formula is C13H16N2O2S2. The van der Waals surface area contributed by atoms with E-state index in [1.165, 1.54) is 4.90 Å². The minimum atomic E-state index is -0.185. The molecule has 2 amide bonds. The summed E-state index contributed by atoms with van der Waals surface area (Å²) >= 11 is 2.58. The van der Waals surface area contributed by atoms with E-state index >= 15 is 0 Å². The summed E-state index contributed by atoms with van der Waals surface area (Å²) in [4.78, 5) is 29.0. The number of carbonyl (C=O) groups excluding carboxylic acids is 2. The van der Waals surface area contributed by atoms with Crippen LogP contribution >= 0.6 is 23.1 Å². The van der Waals surface area contributed by atoms with Crippen molar-refractivity contribution in [2.45, 2.75) is 13.8 Å². The molecule has 2 rings (SSSR count). The van der Waals surface area contributed by atoms with Crippen molar-refractivity contribution >= 4 is 40.3 Å². The molecule has 2 heterocycles. The van der Waals surface area contributed by atoms with Crippen LogP contribution in [0, 0.1) is 0 Å². The minimum Gasteiger partial charge on any atom is -0.286 e. The van der Waals surface area contributed by atoms with Crippen molar-refractivity contribution < 1.29 is 9.59 Å². The molecule has 1 aromatic rings. The Morgan fingerprint density at radius 1 is 1.32 bits per heavy atom. The fourth-order valence-electron chi connectivity index (χ4n) is 1.75. The highest BCUT2D eigenvalue weighted by Crippen LogP contribution is 2.32. The average Bonchev–Trinajstić information content (AvgIpc) is 2.99. The van der Waals surface area contributed by atoms with Crippen LogP contribution < -0.4 is 0 Å². The zero-order valence-electron chi connectivity index (χ0n) is 11.0. The monoisotopic (exact) mass is 296 g/mol. The van der Waals surface area contributed by atoms with Crippen LogP contribution in [-0.2, 0) is 4.79 Å². The lowest BCUT2D eigenvalue weighted by Crippen LogP contribution is -2.40. The Morgan fingerprint density at radius 2 is 2.05 bits per heavy atom. The van der Waals surface area contributed by atoms with Gasteiger partial charge in [-0.1, -0.05) is 19.9 Å². The molecule has 1 aromatic heterocycles. The second-order valence-electron chi connectivity index (χ2n) is 4.07. The molecule has 0 saturated carbocycles. The van der Waals surface area contributed by atoms with Crippen LogP contribution in [0.1, 0.15) is 18.7 Å². The number of thioether (sulfide) groups is 1. The minimum absolute atomic E-state index is 0.181. The fraction of sp³-hybridized carbons (Fsp3) is 0.385. The van der Waals surface area contributed by atoms with Crippen LogP contribution in [0.4, 0.5) is 4.79 Å². The largest absolute Gasteiger partial charge is 0.294 e. The topological polar surface area (TPSA) is 40.6 Å². The molecule has 1 saturated heterocycles. The van der Waals surface area contributed by atoms with Crippen LogP contribution in [0.3, 0.4) is 0 Å². The van der Waals surface area contributed by atoms with Gasteiger partial charge in [-0.3, -0.25) is 19.4 Å². The van der Waals surface area contributed by atoms with E-state index in [0.29, 0.717) is 11.6 Å². The standard InChI is InChI=1S/C13H16N2O2S2/c1-3-14(4-2)9-15-12(16)11(19-13(15)17)8-10-6-5-7-18-10/h5-8H,3-4,9H2,1-2H3/b11-8+. The smallest absolute Gasteiger partial charge is 0.286 e. The molecule has 0 radical (unpaired) electrons. The number of hydrogen-bond donors (Lipinski definition) is 0. The van der Waals surface area contributed by atoms with E-state index in [2.05, 4.69) is 0 Å². The Bertz CT molecular complexity index is 493. The van der Waals surface area contributed by atoms with Gasteiger partial charge in [0.25, 0.3) is 11.1 Å². The number of carbonyl (C=O) groups is 2. The molecule has 0 aliphatic carbocycles. The van der Waals surface area contributed by atoms with Gasteiger partial charge in [0, 0.05) is 4.88 Å². The highest BCUT2D eigenvalue weighted by molar-refractivity contribution is 8.18. The van der Waals surface area contributed by atoms with Crippen molar-refractivity contribution in [1.29, 1.82) is 0 Å². The summed E-state index contributed by atoms with van der Waals surface area (Å²) in [7, 11) is 0. The summed E-state index contributed by atoms with van der Waals surface area (Å²) < 4.78 is 0. The zero-order valence-corrected chi connectivity index (χ0v) is 12.6. The molecule has 19 heavy (non-hydrogen) atoms. The molecule has 0 unspecified atom stereocenters. The second kappa shape index (κ2) is 6.36. The molecule has 1 fully saturated rings. The van der Waals surface area contributed by atoms with E-state index in [1.807, 2.05) is 36.3 Å². The van der Waals surface area contributed by atoms with Crippen LogP contribution in [0.25, 0.3) is 6.08 Å². The van der Waals surface area contributed by atoms with Gasteiger partial charge in [0.15, 0.2) is 0 Å². The lowest BCUT2D eigenvalue weighted by Gasteiger charge is -2.23. The Hall–Kier alpha value is -1.11. The maximum absolute atomic E-state index is 12.2. The van der Waals surface area contributed by atoms with Crippen LogP contribution in [0.15, 0.2) is 22.4 Å². The number of hydrogen-bond acceptors (Lipinski definition) is 5. The van der Waals surface area contributed by atoms with Crippen molar-refractivity contribution in [2.24, 2.45) is 0 Å². The van der Waals surface area contributed by atoms with Crippen molar-refractivity contribution in [3.8, 4) is 0 Å². The quantitative estimate of drug-likeness (QED) is 0.783. The van der Waals surface area contributed by atoms with Gasteiger partial charge in [-0.2, -0.15) is 0 Å². The van der Waals surface area contributed by atoms with Crippen molar-refractivity contribution in [3.05, 3.63) is 27.3 Å². The average molecular weight is 296 g/mol. The predicted molar refractivity (Wildman–Crippen MR) is 79.9 cm³/mol. The fourth-order valence-corrected chi connectivity index (χ4v) is 3.30. The van der Waals surface area contributed by atoms with E-state index in [-0.39, 0.29) is 11.1 Å². The predicted octanol–water partition coefficient (Wildman–Crippen LogP) is 3.08. The van der Waals surface area contributed by atoms with Crippen LogP contribution in [0.2, 0.25) is 0 Å². The molecule has 0 spiro atoms. The molecule has 0 aromatic carbocycles. The molecule has 1 aliphatic heterocycles. The first-order valence-electron chi connectivity index (χ1n) is 6.17. The van der Waals surface area contributed by atoms with Gasteiger partial charge in [-0.15, -0.1) is 11.3 Å². The third-order valence-electron chi connectivity index (χ3n) is 2.93. The Balaban J connectivity index is 2.12. The van der Waals surface area contributed by atoms with Gasteiger partial charge in [-0.05, 0) is 42.4 Å². The van der Waals surface area contributed by atoms with Crippen LogP contribution in [-0.4, -0.2) is 40.7 Å². The molecule has 4 nitrogen and oxygen atoms in total. The molecule has 0 atom stereocenters. The summed E-state index contributed by atoms with van der Waals surface area (Å²) in [6.07, 6.45) is 1.79. The normalized spacial score (nSPS) is 18.1. The van der Waals surface area contributed by atoms with E-state index in [4.69, 9.17) is 0 Å². The molecule has 0 N–H and O–H groups in total. The number of amides is 2. The maximum atomic E-state index is 12.2. The second-order valence-corrected chi connectivity index (χ2v) is 6.04. The number of thiophene rings is 1.